The summed E-state index contributed by atoms with van der Waals surface area (Å²) in [6.45, 7) is 7.87. The molecule has 1 aromatic carbocycles. The van der Waals surface area contributed by atoms with E-state index in [1.165, 1.54) is 41.5 Å². The number of ether oxygens (including phenoxy) is 2. The van der Waals surface area contributed by atoms with Crippen LogP contribution in [0.4, 0.5) is 0 Å². The lowest BCUT2D eigenvalue weighted by Crippen LogP contribution is -2.38. The molecule has 1 saturated heterocycles. The van der Waals surface area contributed by atoms with Crippen molar-refractivity contribution in [1.82, 2.24) is 14.8 Å². The van der Waals surface area contributed by atoms with Crippen LogP contribution in [0.2, 0.25) is 0 Å². The van der Waals surface area contributed by atoms with Gasteiger partial charge in [0, 0.05) is 50.7 Å². The van der Waals surface area contributed by atoms with Crippen LogP contribution in [-0.4, -0.2) is 61.3 Å². The van der Waals surface area contributed by atoms with Crippen LogP contribution >= 0.6 is 0 Å². The molecule has 0 bridgehead atoms. The molecule has 0 saturated carbocycles. The predicted molar refractivity (Wildman–Crippen MR) is 115 cm³/mol. The molecular weight excluding hydrogens is 362 g/mol. The van der Waals surface area contributed by atoms with E-state index in [9.17, 15) is 0 Å². The maximum Gasteiger partial charge on any atom is 0.123 e. The van der Waals surface area contributed by atoms with Crippen LogP contribution in [0.25, 0.3) is 0 Å². The van der Waals surface area contributed by atoms with Crippen molar-refractivity contribution in [3.05, 3.63) is 58.9 Å². The summed E-state index contributed by atoms with van der Waals surface area (Å²) in [5.74, 6) is 1.04. The summed E-state index contributed by atoms with van der Waals surface area (Å²) in [7, 11) is 1.80. The number of hydrogen-bond donors (Lipinski definition) is 0. The molecule has 0 N–H and O–H groups in total. The smallest absolute Gasteiger partial charge is 0.123 e. The zero-order valence-electron chi connectivity index (χ0n) is 17.6. The summed E-state index contributed by atoms with van der Waals surface area (Å²) in [5.41, 5.74) is 5.55. The predicted octanol–water partition coefficient (Wildman–Crippen LogP) is 3.30. The molecular formula is C24H33N3O2. The molecule has 156 valence electrons. The van der Waals surface area contributed by atoms with E-state index in [-0.39, 0.29) is 0 Å². The Morgan fingerprint density at radius 2 is 1.97 bits per heavy atom. The molecule has 0 atom stereocenters. The minimum Gasteiger partial charge on any atom is -0.496 e. The maximum absolute atomic E-state index is 5.76. The van der Waals surface area contributed by atoms with E-state index in [0.29, 0.717) is 0 Å². The molecule has 2 aromatic rings. The SMILES string of the molecule is COc1cc2c(cc1CN(CCCN1CCOCC1)Cc1cccnc1)CCC2. The Kier molecular flexibility index (Phi) is 7.14. The summed E-state index contributed by atoms with van der Waals surface area (Å²) in [6, 6.07) is 8.85. The highest BCUT2D eigenvalue weighted by atomic mass is 16.5. The second-order valence-corrected chi connectivity index (χ2v) is 8.17. The quantitative estimate of drug-likeness (QED) is 0.651. The van der Waals surface area contributed by atoms with Crippen LogP contribution in [0.15, 0.2) is 36.7 Å². The first-order chi connectivity index (χ1) is 14.3. The summed E-state index contributed by atoms with van der Waals surface area (Å²) >= 11 is 0. The Hall–Kier alpha value is -1.95. The molecule has 0 unspecified atom stereocenters. The van der Waals surface area contributed by atoms with Crippen molar-refractivity contribution < 1.29 is 9.47 Å². The van der Waals surface area contributed by atoms with Gasteiger partial charge in [0.25, 0.3) is 0 Å². The molecule has 0 radical (unpaired) electrons. The van der Waals surface area contributed by atoms with Gasteiger partial charge in [-0.25, -0.2) is 0 Å². The number of aromatic nitrogens is 1. The van der Waals surface area contributed by atoms with Gasteiger partial charge in [0.2, 0.25) is 0 Å². The number of nitrogens with zero attached hydrogens (tertiary/aromatic N) is 3. The molecule has 1 fully saturated rings. The van der Waals surface area contributed by atoms with Crippen molar-refractivity contribution in [3.8, 4) is 5.75 Å². The highest BCUT2D eigenvalue weighted by Gasteiger charge is 2.18. The average molecular weight is 396 g/mol. The minimum absolute atomic E-state index is 0.867. The fourth-order valence-electron chi connectivity index (χ4n) is 4.51. The van der Waals surface area contributed by atoms with Gasteiger partial charge in [-0.2, -0.15) is 0 Å². The van der Waals surface area contributed by atoms with Crippen LogP contribution in [-0.2, 0) is 30.7 Å². The van der Waals surface area contributed by atoms with Crippen LogP contribution in [0.5, 0.6) is 5.75 Å². The number of morpholine rings is 1. The van der Waals surface area contributed by atoms with Crippen LogP contribution < -0.4 is 4.74 Å². The fourth-order valence-corrected chi connectivity index (χ4v) is 4.51. The number of hydrogen-bond acceptors (Lipinski definition) is 5. The molecule has 4 rings (SSSR count). The Bertz CT molecular complexity index is 775. The van der Waals surface area contributed by atoms with E-state index in [0.717, 1.165) is 64.7 Å². The van der Waals surface area contributed by atoms with Crippen LogP contribution in [0.3, 0.4) is 0 Å². The fraction of sp³-hybridized carbons (Fsp3) is 0.542. The van der Waals surface area contributed by atoms with E-state index in [1.54, 1.807) is 7.11 Å². The summed E-state index contributed by atoms with van der Waals surface area (Å²) in [5, 5.41) is 0. The van der Waals surface area contributed by atoms with Gasteiger partial charge < -0.3 is 9.47 Å². The number of pyridine rings is 1. The Labute approximate surface area is 174 Å². The monoisotopic (exact) mass is 395 g/mol. The Balaban J connectivity index is 1.44. The lowest BCUT2D eigenvalue weighted by molar-refractivity contribution is 0.0358. The summed E-state index contributed by atoms with van der Waals surface area (Å²) in [4.78, 5) is 9.36. The van der Waals surface area contributed by atoms with Crippen molar-refractivity contribution >= 4 is 0 Å². The number of fused-ring (bicyclic) bond motifs is 1. The van der Waals surface area contributed by atoms with E-state index >= 15 is 0 Å². The van der Waals surface area contributed by atoms with Gasteiger partial charge in [0.1, 0.15) is 5.75 Å². The molecule has 2 heterocycles. The van der Waals surface area contributed by atoms with E-state index < -0.39 is 0 Å². The molecule has 2 aliphatic rings. The molecule has 29 heavy (non-hydrogen) atoms. The standard InChI is InChI=1S/C24H33N3O2/c1-28-24-16-22-7-2-6-21(22)15-23(24)19-27(18-20-5-3-8-25-17-20)10-4-9-26-11-13-29-14-12-26/h3,5,8,15-17H,2,4,6-7,9-14,18-19H2,1H3. The van der Waals surface area contributed by atoms with Gasteiger partial charge in [0.15, 0.2) is 0 Å². The molecule has 1 aliphatic carbocycles. The third-order valence-corrected chi connectivity index (χ3v) is 6.07. The van der Waals surface area contributed by atoms with Crippen molar-refractivity contribution in [1.29, 1.82) is 0 Å². The van der Waals surface area contributed by atoms with Crippen LogP contribution in [0, 0.1) is 0 Å². The Morgan fingerprint density at radius 3 is 2.72 bits per heavy atom. The molecule has 0 amide bonds. The van der Waals surface area contributed by atoms with Crippen molar-refractivity contribution in [2.75, 3.05) is 46.5 Å². The summed E-state index contributed by atoms with van der Waals surface area (Å²) < 4.78 is 11.2. The lowest BCUT2D eigenvalue weighted by atomic mass is 10.0. The molecule has 1 aliphatic heterocycles. The normalized spacial score (nSPS) is 16.9. The van der Waals surface area contributed by atoms with Gasteiger partial charge in [-0.3, -0.25) is 14.8 Å². The summed E-state index contributed by atoms with van der Waals surface area (Å²) in [6.07, 6.45) is 8.63. The van der Waals surface area contributed by atoms with Gasteiger partial charge >= 0.3 is 0 Å². The molecule has 1 aromatic heterocycles. The zero-order valence-corrected chi connectivity index (χ0v) is 17.6. The van der Waals surface area contributed by atoms with Gasteiger partial charge in [-0.1, -0.05) is 12.1 Å². The van der Waals surface area contributed by atoms with E-state index in [2.05, 4.69) is 33.0 Å². The van der Waals surface area contributed by atoms with Gasteiger partial charge in [-0.05, 0) is 61.1 Å². The first-order valence-corrected chi connectivity index (χ1v) is 10.9. The molecule has 0 spiro atoms. The van der Waals surface area contributed by atoms with Gasteiger partial charge in [-0.15, -0.1) is 0 Å². The third-order valence-electron chi connectivity index (χ3n) is 6.07. The largest absolute Gasteiger partial charge is 0.496 e. The second kappa shape index (κ2) is 10.2. The first kappa shape index (κ1) is 20.3. The number of methoxy groups -OCH3 is 1. The third kappa shape index (κ3) is 5.56. The molecule has 5 heteroatoms. The van der Waals surface area contributed by atoms with Crippen LogP contribution in [0.1, 0.15) is 35.1 Å². The minimum atomic E-state index is 0.867. The molecule has 5 nitrogen and oxygen atoms in total. The zero-order chi connectivity index (χ0) is 19.9. The highest BCUT2D eigenvalue weighted by molar-refractivity contribution is 5.44. The average Bonchev–Trinajstić information content (AvgIpc) is 3.22. The number of benzene rings is 1. The maximum atomic E-state index is 5.76. The second-order valence-electron chi connectivity index (χ2n) is 8.17. The van der Waals surface area contributed by atoms with E-state index in [1.807, 2.05) is 18.5 Å². The van der Waals surface area contributed by atoms with Crippen molar-refractivity contribution in [2.24, 2.45) is 0 Å². The van der Waals surface area contributed by atoms with E-state index in [4.69, 9.17) is 9.47 Å². The van der Waals surface area contributed by atoms with Gasteiger partial charge in [0.05, 0.1) is 20.3 Å². The number of rotatable bonds is 9. The lowest BCUT2D eigenvalue weighted by Gasteiger charge is -2.28. The Morgan fingerprint density at radius 1 is 1.14 bits per heavy atom. The first-order valence-electron chi connectivity index (χ1n) is 10.9. The highest BCUT2D eigenvalue weighted by Crippen LogP contribution is 2.31. The topological polar surface area (TPSA) is 37.8 Å². The van der Waals surface area contributed by atoms with Crippen molar-refractivity contribution in [3.63, 3.8) is 0 Å². The number of aryl methyl sites for hydroxylation is 2. The van der Waals surface area contributed by atoms with Crippen molar-refractivity contribution in [2.45, 2.75) is 38.8 Å².